The third-order valence-corrected chi connectivity index (χ3v) is 5.00. The Labute approximate surface area is 134 Å². The summed E-state index contributed by atoms with van der Waals surface area (Å²) in [6.45, 7) is 11.7. The zero-order valence-electron chi connectivity index (χ0n) is 14.4. The van der Waals surface area contributed by atoms with Gasteiger partial charge in [-0.05, 0) is 52.0 Å². The minimum absolute atomic E-state index is 0.267. The summed E-state index contributed by atoms with van der Waals surface area (Å²) in [6.07, 6.45) is 3.52. The molecule has 2 aromatic carbocycles. The molecule has 0 spiro atoms. The van der Waals surface area contributed by atoms with Crippen molar-refractivity contribution in [3.8, 4) is 0 Å². The van der Waals surface area contributed by atoms with E-state index in [1.807, 2.05) is 0 Å². The lowest BCUT2D eigenvalue weighted by Gasteiger charge is -2.22. The fourth-order valence-corrected chi connectivity index (χ4v) is 4.13. The topological polar surface area (TPSA) is 0 Å². The molecule has 0 heteroatoms. The molecule has 3 rings (SSSR count). The lowest BCUT2D eigenvalue weighted by Crippen LogP contribution is -2.17. The van der Waals surface area contributed by atoms with Gasteiger partial charge in [0.15, 0.2) is 0 Å². The van der Waals surface area contributed by atoms with Crippen LogP contribution in [0.5, 0.6) is 0 Å². The van der Waals surface area contributed by atoms with Crippen LogP contribution in [-0.4, -0.2) is 0 Å². The maximum Gasteiger partial charge on any atom is -0.00921 e. The van der Waals surface area contributed by atoms with E-state index in [0.717, 1.165) is 0 Å². The van der Waals surface area contributed by atoms with Crippen LogP contribution < -0.4 is 0 Å². The molecule has 0 radical (unpaired) electrons. The molecule has 0 aromatic heterocycles. The molecule has 0 N–H and O–H groups in total. The molecule has 0 fully saturated rings. The molecule has 0 saturated carbocycles. The van der Waals surface area contributed by atoms with Crippen LogP contribution in [0, 0.1) is 0 Å². The number of fused-ring (bicyclic) bond motifs is 1. The second-order valence-corrected chi connectivity index (χ2v) is 7.94. The highest BCUT2D eigenvalue weighted by atomic mass is 14.5. The standard InChI is InChI=1S/C22H26/c1-16(18-9-7-6-8-10-18)13-17-11-12-19-20(14-17)22(4,5)15-21(19,2)3/h6-14H,15H2,1-5H3/b16-13+. The molecule has 2 aromatic rings. The summed E-state index contributed by atoms with van der Waals surface area (Å²) in [5, 5.41) is 0. The van der Waals surface area contributed by atoms with Crippen LogP contribution in [0.1, 0.15) is 63.3 Å². The van der Waals surface area contributed by atoms with Crippen molar-refractivity contribution in [1.82, 2.24) is 0 Å². The van der Waals surface area contributed by atoms with Gasteiger partial charge in [0.05, 0.1) is 0 Å². The third-order valence-electron chi connectivity index (χ3n) is 5.00. The van der Waals surface area contributed by atoms with Crippen molar-refractivity contribution in [3.05, 3.63) is 70.8 Å². The molecule has 0 heterocycles. The Bertz CT molecular complexity index is 715. The number of hydrogen-bond acceptors (Lipinski definition) is 0. The number of allylic oxidation sites excluding steroid dienone is 1. The normalized spacial score (nSPS) is 19.0. The Hall–Kier alpha value is -1.82. The fourth-order valence-electron chi connectivity index (χ4n) is 4.13. The van der Waals surface area contributed by atoms with E-state index < -0.39 is 0 Å². The summed E-state index contributed by atoms with van der Waals surface area (Å²) >= 11 is 0. The molecule has 0 aliphatic heterocycles. The highest BCUT2D eigenvalue weighted by Gasteiger charge is 2.41. The van der Waals surface area contributed by atoms with Gasteiger partial charge in [-0.15, -0.1) is 0 Å². The second-order valence-electron chi connectivity index (χ2n) is 7.94. The van der Waals surface area contributed by atoms with E-state index in [1.165, 1.54) is 34.2 Å². The predicted octanol–water partition coefficient (Wildman–Crippen LogP) is 6.21. The largest absolute Gasteiger partial charge is 0.0622 e. The van der Waals surface area contributed by atoms with Crippen LogP contribution in [0.15, 0.2) is 48.5 Å². The molecule has 0 amide bonds. The predicted molar refractivity (Wildman–Crippen MR) is 97.1 cm³/mol. The average molecular weight is 290 g/mol. The molecule has 0 atom stereocenters. The second kappa shape index (κ2) is 5.12. The molecular weight excluding hydrogens is 264 g/mol. The quantitative estimate of drug-likeness (QED) is 0.577. The Morgan fingerprint density at radius 3 is 2.18 bits per heavy atom. The van der Waals surface area contributed by atoms with Crippen molar-refractivity contribution in [2.45, 2.75) is 51.9 Å². The van der Waals surface area contributed by atoms with Crippen LogP contribution in [0.4, 0.5) is 0 Å². The van der Waals surface area contributed by atoms with Crippen LogP contribution in [0.25, 0.3) is 11.6 Å². The molecule has 114 valence electrons. The zero-order chi connectivity index (χ0) is 16.0. The van der Waals surface area contributed by atoms with Gasteiger partial charge in [0.25, 0.3) is 0 Å². The van der Waals surface area contributed by atoms with Gasteiger partial charge in [0.2, 0.25) is 0 Å². The van der Waals surface area contributed by atoms with Gasteiger partial charge < -0.3 is 0 Å². The maximum absolute atomic E-state index is 2.40. The molecule has 1 aliphatic rings. The molecule has 0 bridgehead atoms. The Kier molecular flexibility index (Phi) is 3.51. The van der Waals surface area contributed by atoms with Gasteiger partial charge in [-0.25, -0.2) is 0 Å². The van der Waals surface area contributed by atoms with E-state index in [9.17, 15) is 0 Å². The Morgan fingerprint density at radius 1 is 0.864 bits per heavy atom. The highest BCUT2D eigenvalue weighted by molar-refractivity contribution is 5.80. The summed E-state index contributed by atoms with van der Waals surface area (Å²) in [5.41, 5.74) is 7.52. The van der Waals surface area contributed by atoms with E-state index in [-0.39, 0.29) is 10.8 Å². The van der Waals surface area contributed by atoms with Crippen LogP contribution >= 0.6 is 0 Å². The number of rotatable bonds is 2. The zero-order valence-corrected chi connectivity index (χ0v) is 14.4. The van der Waals surface area contributed by atoms with Gasteiger partial charge in [-0.3, -0.25) is 0 Å². The Morgan fingerprint density at radius 2 is 1.50 bits per heavy atom. The van der Waals surface area contributed by atoms with Crippen LogP contribution in [0.3, 0.4) is 0 Å². The molecular formula is C22H26. The molecule has 1 aliphatic carbocycles. The minimum atomic E-state index is 0.267. The minimum Gasteiger partial charge on any atom is -0.0622 e. The third kappa shape index (κ3) is 2.63. The molecule has 0 nitrogen and oxygen atoms in total. The summed E-state index contributed by atoms with van der Waals surface area (Å²) in [6, 6.07) is 17.6. The summed E-state index contributed by atoms with van der Waals surface area (Å²) in [5.74, 6) is 0. The summed E-state index contributed by atoms with van der Waals surface area (Å²) in [4.78, 5) is 0. The first-order valence-corrected chi connectivity index (χ1v) is 8.18. The maximum atomic E-state index is 2.40. The van der Waals surface area contributed by atoms with E-state index in [0.29, 0.717) is 0 Å². The van der Waals surface area contributed by atoms with Gasteiger partial charge in [-0.1, -0.05) is 82.3 Å². The van der Waals surface area contributed by atoms with Crippen molar-refractivity contribution in [1.29, 1.82) is 0 Å². The lowest BCUT2D eigenvalue weighted by atomic mass is 9.82. The van der Waals surface area contributed by atoms with Crippen LogP contribution in [-0.2, 0) is 10.8 Å². The van der Waals surface area contributed by atoms with Crippen molar-refractivity contribution in [3.63, 3.8) is 0 Å². The monoisotopic (exact) mass is 290 g/mol. The van der Waals surface area contributed by atoms with Gasteiger partial charge in [0.1, 0.15) is 0 Å². The first-order chi connectivity index (χ1) is 10.3. The molecule has 22 heavy (non-hydrogen) atoms. The highest BCUT2D eigenvalue weighted by Crippen LogP contribution is 2.49. The fraction of sp³-hybridized carbons (Fsp3) is 0.364. The Balaban J connectivity index is 2.02. The SMILES string of the molecule is C/C(=C\c1ccc2c(c1)C(C)(C)CC2(C)C)c1ccccc1. The van der Waals surface area contributed by atoms with Gasteiger partial charge >= 0.3 is 0 Å². The molecule has 0 unspecified atom stereocenters. The average Bonchev–Trinajstić information content (AvgIpc) is 2.65. The van der Waals surface area contributed by atoms with Crippen molar-refractivity contribution in [2.24, 2.45) is 0 Å². The first kappa shape index (κ1) is 15.1. The van der Waals surface area contributed by atoms with E-state index in [4.69, 9.17) is 0 Å². The summed E-state index contributed by atoms with van der Waals surface area (Å²) in [7, 11) is 0. The van der Waals surface area contributed by atoms with E-state index in [1.54, 1.807) is 0 Å². The summed E-state index contributed by atoms with van der Waals surface area (Å²) < 4.78 is 0. The van der Waals surface area contributed by atoms with Crippen molar-refractivity contribution >= 4 is 11.6 Å². The van der Waals surface area contributed by atoms with E-state index in [2.05, 4.69) is 89.2 Å². The van der Waals surface area contributed by atoms with Gasteiger partial charge in [-0.2, -0.15) is 0 Å². The van der Waals surface area contributed by atoms with Crippen molar-refractivity contribution < 1.29 is 0 Å². The van der Waals surface area contributed by atoms with Gasteiger partial charge in [0, 0.05) is 0 Å². The molecule has 0 saturated heterocycles. The lowest BCUT2D eigenvalue weighted by molar-refractivity contribution is 0.403. The van der Waals surface area contributed by atoms with Crippen molar-refractivity contribution in [2.75, 3.05) is 0 Å². The number of benzene rings is 2. The number of hydrogen-bond donors (Lipinski definition) is 0. The van der Waals surface area contributed by atoms with Crippen LogP contribution in [0.2, 0.25) is 0 Å². The van der Waals surface area contributed by atoms with E-state index >= 15 is 0 Å². The first-order valence-electron chi connectivity index (χ1n) is 8.18. The smallest absolute Gasteiger partial charge is 0.00921 e.